The Morgan fingerprint density at radius 1 is 0.805 bits per heavy atom. The van der Waals surface area contributed by atoms with Gasteiger partial charge in [0.2, 0.25) is 0 Å². The average Bonchev–Trinajstić information content (AvgIpc) is 2.89. The first-order valence-electron chi connectivity index (χ1n) is 13.4. The number of ether oxygens (including phenoxy) is 4. The maximum atomic E-state index is 14.4. The highest BCUT2D eigenvalue weighted by Crippen LogP contribution is 2.50. The van der Waals surface area contributed by atoms with E-state index in [0.717, 1.165) is 25.4 Å². The highest BCUT2D eigenvalue weighted by atomic mass is 19.4. The van der Waals surface area contributed by atoms with Gasteiger partial charge < -0.3 is 18.9 Å². The fourth-order valence-electron chi connectivity index (χ4n) is 5.84. The van der Waals surface area contributed by atoms with Crippen molar-refractivity contribution in [3.05, 3.63) is 82.9 Å². The molecule has 3 rings (SSSR count). The summed E-state index contributed by atoms with van der Waals surface area (Å²) in [6.45, 7) is 7.17. The van der Waals surface area contributed by atoms with Crippen LogP contribution in [-0.4, -0.2) is 38.8 Å². The molecule has 0 N–H and O–H groups in total. The van der Waals surface area contributed by atoms with Crippen LogP contribution in [0.4, 0.5) is 26.3 Å². The number of hydrogen-bond donors (Lipinski definition) is 0. The Morgan fingerprint density at radius 3 is 1.68 bits per heavy atom. The van der Waals surface area contributed by atoms with Crippen molar-refractivity contribution in [1.82, 2.24) is 0 Å². The van der Waals surface area contributed by atoms with Gasteiger partial charge in [-0.05, 0) is 44.9 Å². The summed E-state index contributed by atoms with van der Waals surface area (Å²) in [4.78, 5) is 0. The van der Waals surface area contributed by atoms with E-state index < -0.39 is 41.5 Å². The molecule has 2 aromatic carbocycles. The SMILES string of the molecule is CO[C@](O[C@@H]1CC(C)=C(CC[C@@H](C)O[C@@](OC)(c2ccccc2)C(F)(F)F)C(C)(C)C1)(c1ccccc1)C(F)(F)F. The minimum Gasteiger partial charge on any atom is -0.342 e. The van der Waals surface area contributed by atoms with Crippen molar-refractivity contribution in [2.75, 3.05) is 14.2 Å². The van der Waals surface area contributed by atoms with Gasteiger partial charge in [-0.1, -0.05) is 85.7 Å². The van der Waals surface area contributed by atoms with Crippen molar-refractivity contribution in [2.24, 2.45) is 5.41 Å². The lowest BCUT2D eigenvalue weighted by Gasteiger charge is -2.44. The monoisotopic (exact) mass is 588 g/mol. The lowest BCUT2D eigenvalue weighted by atomic mass is 9.70. The van der Waals surface area contributed by atoms with Crippen molar-refractivity contribution in [3.8, 4) is 0 Å². The number of hydrogen-bond acceptors (Lipinski definition) is 4. The Labute approximate surface area is 237 Å². The van der Waals surface area contributed by atoms with Gasteiger partial charge in [-0.15, -0.1) is 0 Å². The van der Waals surface area contributed by atoms with Crippen molar-refractivity contribution < 1.29 is 45.3 Å². The first-order valence-corrected chi connectivity index (χ1v) is 13.4. The van der Waals surface area contributed by atoms with Gasteiger partial charge in [0, 0.05) is 25.3 Å². The van der Waals surface area contributed by atoms with Gasteiger partial charge in [0.1, 0.15) is 0 Å². The van der Waals surface area contributed by atoms with Gasteiger partial charge in [-0.3, -0.25) is 0 Å². The summed E-state index contributed by atoms with van der Waals surface area (Å²) < 4.78 is 107. The molecule has 4 atom stereocenters. The van der Waals surface area contributed by atoms with Crippen LogP contribution in [0.3, 0.4) is 0 Å². The zero-order valence-corrected chi connectivity index (χ0v) is 24.2. The number of rotatable bonds is 11. The number of allylic oxidation sites excluding steroid dienone is 1. The summed E-state index contributed by atoms with van der Waals surface area (Å²) in [5.74, 6) is -5.87. The minimum atomic E-state index is -4.84. The van der Waals surface area contributed by atoms with Gasteiger partial charge in [-0.25, -0.2) is 0 Å². The molecule has 41 heavy (non-hydrogen) atoms. The summed E-state index contributed by atoms with van der Waals surface area (Å²) in [5, 5.41) is 0. The molecule has 0 aliphatic heterocycles. The molecule has 228 valence electrons. The molecule has 1 aliphatic carbocycles. The first kappa shape index (κ1) is 33.1. The van der Waals surface area contributed by atoms with Crippen molar-refractivity contribution in [2.45, 2.75) is 89.5 Å². The van der Waals surface area contributed by atoms with Crippen molar-refractivity contribution in [1.29, 1.82) is 0 Å². The molecular weight excluding hydrogens is 550 g/mol. The van der Waals surface area contributed by atoms with Crippen LogP contribution in [-0.2, 0) is 30.5 Å². The minimum absolute atomic E-state index is 0.157. The highest BCUT2D eigenvalue weighted by molar-refractivity contribution is 5.26. The molecule has 0 amide bonds. The molecule has 0 saturated heterocycles. The zero-order chi connectivity index (χ0) is 30.7. The second kappa shape index (κ2) is 12.5. The Balaban J connectivity index is 1.80. The van der Waals surface area contributed by atoms with Gasteiger partial charge in [0.05, 0.1) is 12.2 Å². The molecule has 0 spiro atoms. The summed E-state index contributed by atoms with van der Waals surface area (Å²) in [5.41, 5.74) is 0.875. The van der Waals surface area contributed by atoms with Crippen LogP contribution in [0.2, 0.25) is 0 Å². The van der Waals surface area contributed by atoms with Crippen molar-refractivity contribution in [3.63, 3.8) is 0 Å². The molecule has 0 radical (unpaired) electrons. The molecule has 10 heteroatoms. The number of halogens is 6. The molecule has 0 heterocycles. The lowest BCUT2D eigenvalue weighted by molar-refractivity contribution is -0.397. The molecule has 0 bridgehead atoms. The third-order valence-electron chi connectivity index (χ3n) is 7.73. The third-order valence-corrected chi connectivity index (χ3v) is 7.73. The molecule has 0 aromatic heterocycles. The molecule has 0 unspecified atom stereocenters. The summed E-state index contributed by atoms with van der Waals surface area (Å²) in [6, 6.07) is 14.4. The van der Waals surface area contributed by atoms with Crippen LogP contribution in [0.25, 0.3) is 0 Å². The largest absolute Gasteiger partial charge is 0.448 e. The van der Waals surface area contributed by atoms with Crippen LogP contribution < -0.4 is 0 Å². The molecule has 4 nitrogen and oxygen atoms in total. The van der Waals surface area contributed by atoms with Gasteiger partial charge in [0.25, 0.3) is 11.6 Å². The van der Waals surface area contributed by atoms with Crippen LogP contribution in [0.1, 0.15) is 64.5 Å². The topological polar surface area (TPSA) is 36.9 Å². The van der Waals surface area contributed by atoms with E-state index in [1.807, 2.05) is 20.8 Å². The maximum absolute atomic E-state index is 14.4. The summed E-state index contributed by atoms with van der Waals surface area (Å²) in [6.07, 6.45) is -10.2. The fraction of sp³-hybridized carbons (Fsp3) is 0.548. The smallest absolute Gasteiger partial charge is 0.342 e. The van der Waals surface area contributed by atoms with Gasteiger partial charge in [-0.2, -0.15) is 26.3 Å². The summed E-state index contributed by atoms with van der Waals surface area (Å²) in [7, 11) is 1.93. The maximum Gasteiger partial charge on any atom is 0.448 e. The van der Waals surface area contributed by atoms with Gasteiger partial charge >= 0.3 is 12.4 Å². The Kier molecular flexibility index (Phi) is 10.1. The third kappa shape index (κ3) is 6.82. The van der Waals surface area contributed by atoms with Crippen LogP contribution in [0.5, 0.6) is 0 Å². The van der Waals surface area contributed by atoms with Gasteiger partial charge in [0.15, 0.2) is 0 Å². The number of alkyl halides is 6. The Hall–Kier alpha value is -2.40. The standard InChI is InChI=1S/C31H38F6O4/c1-21-19-25(41-29(39-6,31(35,36)37)24-15-11-8-12-16-24)20-27(3,4)26(21)18-17-22(2)40-28(38-5,30(32,33)34)23-13-9-7-10-14-23/h7-16,22,25H,17-20H2,1-6H3/t22-,25-,28+,29+/m1/s1. The van der Waals surface area contributed by atoms with Crippen LogP contribution >= 0.6 is 0 Å². The quantitative estimate of drug-likeness (QED) is 0.149. The van der Waals surface area contributed by atoms with E-state index in [0.29, 0.717) is 6.42 Å². The zero-order valence-electron chi connectivity index (χ0n) is 24.2. The van der Waals surface area contributed by atoms with E-state index in [-0.39, 0.29) is 30.4 Å². The Bertz CT molecular complexity index is 1160. The van der Waals surface area contributed by atoms with E-state index in [2.05, 4.69) is 0 Å². The van der Waals surface area contributed by atoms with Crippen molar-refractivity contribution >= 4 is 0 Å². The second-order valence-electron chi connectivity index (χ2n) is 11.1. The normalized spacial score (nSPS) is 21.7. The predicted molar refractivity (Wildman–Crippen MR) is 143 cm³/mol. The molecule has 0 fully saturated rings. The number of benzene rings is 2. The van der Waals surface area contributed by atoms with E-state index >= 15 is 0 Å². The van der Waals surface area contributed by atoms with E-state index in [1.54, 1.807) is 19.1 Å². The fourth-order valence-corrected chi connectivity index (χ4v) is 5.84. The molecule has 0 saturated carbocycles. The lowest BCUT2D eigenvalue weighted by Crippen LogP contribution is -2.50. The average molecular weight is 589 g/mol. The molecule has 2 aromatic rings. The van der Waals surface area contributed by atoms with E-state index in [9.17, 15) is 26.3 Å². The molecule has 1 aliphatic rings. The first-order chi connectivity index (χ1) is 19.0. The molecular formula is C31H38F6O4. The van der Waals surface area contributed by atoms with Crippen LogP contribution in [0, 0.1) is 5.41 Å². The van der Waals surface area contributed by atoms with Crippen LogP contribution in [0.15, 0.2) is 71.8 Å². The Morgan fingerprint density at radius 2 is 1.27 bits per heavy atom. The highest BCUT2D eigenvalue weighted by Gasteiger charge is 2.61. The van der Waals surface area contributed by atoms with E-state index in [4.69, 9.17) is 18.9 Å². The second-order valence-corrected chi connectivity index (χ2v) is 11.1. The van der Waals surface area contributed by atoms with E-state index in [1.165, 1.54) is 48.5 Å². The number of methoxy groups -OCH3 is 2. The predicted octanol–water partition coefficient (Wildman–Crippen LogP) is 8.82. The summed E-state index contributed by atoms with van der Waals surface area (Å²) >= 11 is 0.